The van der Waals surface area contributed by atoms with E-state index in [0.29, 0.717) is 0 Å². The van der Waals surface area contributed by atoms with Crippen LogP contribution in [0.25, 0.3) is 6.08 Å². The number of aliphatic imine (C=N–C) groups is 1. The summed E-state index contributed by atoms with van der Waals surface area (Å²) in [5.41, 5.74) is 9.35. The second kappa shape index (κ2) is 9.97. The van der Waals surface area contributed by atoms with Gasteiger partial charge in [-0.05, 0) is 41.7 Å². The zero-order valence-electron chi connectivity index (χ0n) is 22.7. The van der Waals surface area contributed by atoms with Crippen molar-refractivity contribution in [2.24, 2.45) is 10.9 Å². The molecule has 4 heteroatoms. The van der Waals surface area contributed by atoms with Crippen molar-refractivity contribution in [1.29, 1.82) is 0 Å². The lowest BCUT2D eigenvalue weighted by molar-refractivity contribution is 0.256. The molecule has 2 N–H and O–H groups in total. The molecule has 0 bridgehead atoms. The Hall–Kier alpha value is -4.83. The van der Waals surface area contributed by atoms with Gasteiger partial charge in [0.15, 0.2) is 6.23 Å². The summed E-state index contributed by atoms with van der Waals surface area (Å²) in [4.78, 5) is 5.21. The van der Waals surface area contributed by atoms with Crippen molar-refractivity contribution in [3.63, 3.8) is 0 Å². The summed E-state index contributed by atoms with van der Waals surface area (Å²) in [5, 5.41) is 7.35. The van der Waals surface area contributed by atoms with Crippen molar-refractivity contribution in [3.05, 3.63) is 161 Å². The van der Waals surface area contributed by atoms with Gasteiger partial charge in [0, 0.05) is 28.5 Å². The maximum absolute atomic E-state index is 6.63. The van der Waals surface area contributed by atoms with E-state index in [1.165, 1.54) is 22.3 Å². The van der Waals surface area contributed by atoms with Crippen molar-refractivity contribution in [1.82, 2.24) is 5.32 Å². The number of rotatable bonds is 4. The highest BCUT2D eigenvalue weighted by Crippen LogP contribution is 2.50. The molecular formula is C37H31N3O. The number of allylic oxidation sites excluding steroid dienone is 7. The summed E-state index contributed by atoms with van der Waals surface area (Å²) < 4.78 is 6.63. The molecule has 3 aromatic carbocycles. The largest absolute Gasteiger partial charge is 0.464 e. The van der Waals surface area contributed by atoms with Crippen LogP contribution in [0.5, 0.6) is 5.75 Å². The second-order valence-corrected chi connectivity index (χ2v) is 11.1. The zero-order valence-corrected chi connectivity index (χ0v) is 22.7. The van der Waals surface area contributed by atoms with Crippen molar-refractivity contribution in [3.8, 4) is 5.75 Å². The monoisotopic (exact) mass is 533 g/mol. The van der Waals surface area contributed by atoms with Gasteiger partial charge in [0.05, 0.1) is 17.4 Å². The van der Waals surface area contributed by atoms with E-state index in [0.717, 1.165) is 46.9 Å². The van der Waals surface area contributed by atoms with Crippen LogP contribution in [0.2, 0.25) is 0 Å². The van der Waals surface area contributed by atoms with Crippen LogP contribution < -0.4 is 15.4 Å². The van der Waals surface area contributed by atoms with E-state index < -0.39 is 0 Å². The van der Waals surface area contributed by atoms with Crippen LogP contribution in [0, 0.1) is 5.92 Å². The van der Waals surface area contributed by atoms with Crippen molar-refractivity contribution >= 4 is 17.6 Å². The van der Waals surface area contributed by atoms with Gasteiger partial charge in [-0.1, -0.05) is 115 Å². The molecule has 4 nitrogen and oxygen atoms in total. The first-order chi connectivity index (χ1) is 20.3. The van der Waals surface area contributed by atoms with E-state index in [4.69, 9.17) is 9.73 Å². The maximum atomic E-state index is 6.63. The number of nitrogens with zero attached hydrogens (tertiary/aromatic N) is 1. The number of hydrogen-bond donors (Lipinski definition) is 2. The molecule has 0 amide bonds. The number of amidine groups is 1. The van der Waals surface area contributed by atoms with Gasteiger partial charge in [0.1, 0.15) is 11.6 Å². The molecule has 0 fully saturated rings. The second-order valence-electron chi connectivity index (χ2n) is 11.1. The molecule has 5 aliphatic rings. The quantitative estimate of drug-likeness (QED) is 0.354. The third-order valence-corrected chi connectivity index (χ3v) is 8.58. The molecule has 41 heavy (non-hydrogen) atoms. The molecule has 4 atom stereocenters. The third kappa shape index (κ3) is 4.36. The number of anilines is 1. The molecule has 3 aromatic rings. The third-order valence-electron chi connectivity index (χ3n) is 8.58. The molecule has 4 unspecified atom stereocenters. The van der Waals surface area contributed by atoms with E-state index in [1.807, 2.05) is 6.07 Å². The number of ether oxygens (including phenoxy) is 1. The average molecular weight is 534 g/mol. The Morgan fingerprint density at radius 3 is 2.41 bits per heavy atom. The highest BCUT2D eigenvalue weighted by molar-refractivity contribution is 6.03. The Labute approximate surface area is 240 Å². The fourth-order valence-corrected chi connectivity index (χ4v) is 6.46. The highest BCUT2D eigenvalue weighted by atomic mass is 16.5. The fraction of sp³-hybridized carbons (Fsp3) is 0.162. The lowest BCUT2D eigenvalue weighted by Gasteiger charge is -2.32. The number of hydrogen-bond acceptors (Lipinski definition) is 4. The molecule has 200 valence electrons. The van der Waals surface area contributed by atoms with Crippen LogP contribution >= 0.6 is 0 Å². The predicted molar refractivity (Wildman–Crippen MR) is 167 cm³/mol. The molecule has 3 aliphatic carbocycles. The van der Waals surface area contributed by atoms with Gasteiger partial charge >= 0.3 is 0 Å². The Balaban J connectivity index is 1.17. The summed E-state index contributed by atoms with van der Waals surface area (Å²) in [5.74, 6) is 2.31. The van der Waals surface area contributed by atoms with E-state index in [2.05, 4.69) is 132 Å². The van der Waals surface area contributed by atoms with E-state index in [1.54, 1.807) is 0 Å². The summed E-state index contributed by atoms with van der Waals surface area (Å²) in [7, 11) is 0. The van der Waals surface area contributed by atoms with E-state index >= 15 is 0 Å². The summed E-state index contributed by atoms with van der Waals surface area (Å²) in [6, 6.07) is 25.4. The van der Waals surface area contributed by atoms with Gasteiger partial charge < -0.3 is 15.4 Å². The van der Waals surface area contributed by atoms with Gasteiger partial charge in [-0.3, -0.25) is 0 Å². The molecule has 0 radical (unpaired) electrons. The van der Waals surface area contributed by atoms with Crippen LogP contribution in [-0.4, -0.2) is 5.84 Å². The molecule has 0 saturated heterocycles. The van der Waals surface area contributed by atoms with E-state index in [9.17, 15) is 0 Å². The smallest absolute Gasteiger partial charge is 0.196 e. The summed E-state index contributed by atoms with van der Waals surface area (Å²) in [6.07, 6.45) is 22.2. The Bertz CT molecular complexity index is 1720. The summed E-state index contributed by atoms with van der Waals surface area (Å²) in [6.45, 7) is 0. The standard InChI is InChI=1S/C37H31N3O/c1-4-10-25(11-5-1)32-23-33(26-12-6-2-7-13-26)39-36(38-32)29-19-17-24-16-18-27-20-21-31-35(34(27)30(24)22-29)41-37(40-31)28-14-8-3-9-15-28/h1-6,8-12,14-24,30,32,37,40H,7,13H2,(H,38,39). The Kier molecular flexibility index (Phi) is 5.84. The van der Waals surface area contributed by atoms with E-state index in [-0.39, 0.29) is 24.1 Å². The molecule has 2 heterocycles. The molecule has 0 spiro atoms. The number of fused-ring (bicyclic) bond motifs is 5. The van der Waals surface area contributed by atoms with Gasteiger partial charge in [0.25, 0.3) is 0 Å². The number of benzene rings is 3. The van der Waals surface area contributed by atoms with Crippen molar-refractivity contribution in [2.75, 3.05) is 5.32 Å². The van der Waals surface area contributed by atoms with Crippen LogP contribution in [-0.2, 0) is 0 Å². The minimum Gasteiger partial charge on any atom is -0.464 e. The first-order valence-corrected chi connectivity index (χ1v) is 14.5. The molecular weight excluding hydrogens is 502 g/mol. The average Bonchev–Trinajstić information content (AvgIpc) is 3.50. The van der Waals surface area contributed by atoms with Gasteiger partial charge in [0.2, 0.25) is 0 Å². The minimum absolute atomic E-state index is 0.0551. The molecule has 2 aliphatic heterocycles. The lowest BCUT2D eigenvalue weighted by atomic mass is 9.75. The molecule has 8 rings (SSSR count). The van der Waals surface area contributed by atoms with Crippen LogP contribution in [0.3, 0.4) is 0 Å². The number of nitrogens with one attached hydrogen (secondary N) is 2. The predicted octanol–water partition coefficient (Wildman–Crippen LogP) is 8.32. The summed E-state index contributed by atoms with van der Waals surface area (Å²) >= 11 is 0. The topological polar surface area (TPSA) is 45.6 Å². The van der Waals surface area contributed by atoms with Crippen LogP contribution in [0.4, 0.5) is 5.69 Å². The van der Waals surface area contributed by atoms with Gasteiger partial charge in [-0.15, -0.1) is 0 Å². The molecule has 0 aromatic heterocycles. The first kappa shape index (κ1) is 24.0. The lowest BCUT2D eigenvalue weighted by Crippen LogP contribution is -2.33. The maximum Gasteiger partial charge on any atom is 0.196 e. The van der Waals surface area contributed by atoms with Crippen molar-refractivity contribution < 1.29 is 4.74 Å². The van der Waals surface area contributed by atoms with Crippen LogP contribution in [0.1, 0.15) is 53.3 Å². The SMILES string of the molecule is C1=CCCC(C2=CC(c3ccccc3)NC(C3=CC4c5c(ccc6c5OC(c5ccccc5)N6)C=CC4C=C3)=N2)=C1. The zero-order chi connectivity index (χ0) is 27.2. The van der Waals surface area contributed by atoms with Gasteiger partial charge in [-0.2, -0.15) is 0 Å². The van der Waals surface area contributed by atoms with Crippen molar-refractivity contribution in [2.45, 2.75) is 31.0 Å². The molecule has 0 saturated carbocycles. The van der Waals surface area contributed by atoms with Gasteiger partial charge in [-0.25, -0.2) is 4.99 Å². The minimum atomic E-state index is -0.189. The normalized spacial score (nSPS) is 25.3. The highest BCUT2D eigenvalue weighted by Gasteiger charge is 2.35. The van der Waals surface area contributed by atoms with Crippen LogP contribution in [0.15, 0.2) is 143 Å². The fourth-order valence-electron chi connectivity index (χ4n) is 6.46. The Morgan fingerprint density at radius 1 is 0.805 bits per heavy atom. The first-order valence-electron chi connectivity index (χ1n) is 14.5. The Morgan fingerprint density at radius 2 is 1.61 bits per heavy atom.